The number of anilines is 2. The van der Waals surface area contributed by atoms with Gasteiger partial charge in [-0.25, -0.2) is 18.7 Å². The summed E-state index contributed by atoms with van der Waals surface area (Å²) in [5.41, 5.74) is 14.5. The van der Waals surface area contributed by atoms with Crippen molar-refractivity contribution in [2.75, 3.05) is 36.0 Å². The summed E-state index contributed by atoms with van der Waals surface area (Å²) in [5.74, 6) is -3.63. The van der Waals surface area contributed by atoms with Crippen molar-refractivity contribution in [1.29, 1.82) is 0 Å². The van der Waals surface area contributed by atoms with Crippen LogP contribution in [0.15, 0.2) is 18.2 Å². The topological polar surface area (TPSA) is 118 Å². The Kier molecular flexibility index (Phi) is 5.64. The molecule has 4 N–H and O–H groups in total. The number of aromatic nitrogens is 2. The van der Waals surface area contributed by atoms with E-state index in [1.807, 2.05) is 0 Å². The third kappa shape index (κ3) is 4.53. The first-order valence-corrected chi connectivity index (χ1v) is 12.1. The van der Waals surface area contributed by atoms with Gasteiger partial charge < -0.3 is 21.3 Å². The minimum atomic E-state index is -2.70. The highest BCUT2D eigenvalue weighted by atomic mass is 19.3. The van der Waals surface area contributed by atoms with Gasteiger partial charge in [-0.1, -0.05) is 0 Å². The van der Waals surface area contributed by atoms with Crippen molar-refractivity contribution < 1.29 is 18.4 Å². The lowest BCUT2D eigenvalue weighted by molar-refractivity contribution is -0.0222. The van der Waals surface area contributed by atoms with Crippen LogP contribution in [-0.4, -0.2) is 53.9 Å². The highest BCUT2D eigenvalue weighted by Gasteiger charge is 2.45. The van der Waals surface area contributed by atoms with E-state index in [9.17, 15) is 18.4 Å². The van der Waals surface area contributed by atoms with Crippen molar-refractivity contribution >= 4 is 23.5 Å². The molecule has 186 valence electrons. The number of nitrogens with zero attached hydrogens (tertiary/aromatic N) is 4. The molecule has 2 saturated heterocycles. The lowest BCUT2D eigenvalue weighted by Crippen LogP contribution is -2.40. The average molecular weight is 485 g/mol. The molecule has 1 aromatic heterocycles. The second-order valence-electron chi connectivity index (χ2n) is 10.1. The molecule has 10 heteroatoms. The minimum Gasteiger partial charge on any atom is -0.370 e. The van der Waals surface area contributed by atoms with E-state index in [-0.39, 0.29) is 31.5 Å². The van der Waals surface area contributed by atoms with Gasteiger partial charge in [0.05, 0.1) is 22.5 Å². The highest BCUT2D eigenvalue weighted by molar-refractivity contribution is 6.09. The summed E-state index contributed by atoms with van der Waals surface area (Å²) in [6.07, 6.45) is 3.90. The van der Waals surface area contributed by atoms with Crippen LogP contribution in [0.25, 0.3) is 11.3 Å². The lowest BCUT2D eigenvalue weighted by atomic mass is 9.90. The number of alkyl halides is 2. The standard InChI is InChI=1S/C25H30F2N6O2/c1-15-14-18(31-23(30-15)33-12-8-25(26,27)9-13-33)19-16(21(28)34)2-3-17(22(29)35)20(19)32-10-6-24(4-5-24)7-11-32/h2-3,14H,4-13H2,1H3,(H2,28,34)(H2,29,35). The quantitative estimate of drug-likeness (QED) is 0.673. The Hall–Kier alpha value is -3.30. The van der Waals surface area contributed by atoms with Crippen molar-refractivity contribution in [3.63, 3.8) is 0 Å². The summed E-state index contributed by atoms with van der Waals surface area (Å²) < 4.78 is 27.5. The number of primary amides is 2. The molecular formula is C25H30F2N6O2. The van der Waals surface area contributed by atoms with Gasteiger partial charge in [-0.15, -0.1) is 0 Å². The minimum absolute atomic E-state index is 0.126. The molecule has 0 radical (unpaired) electrons. The first-order valence-electron chi connectivity index (χ1n) is 12.1. The van der Waals surface area contributed by atoms with E-state index in [4.69, 9.17) is 16.5 Å². The first kappa shape index (κ1) is 23.4. The zero-order valence-corrected chi connectivity index (χ0v) is 19.8. The normalized spacial score (nSPS) is 20.7. The van der Waals surface area contributed by atoms with E-state index in [1.54, 1.807) is 24.0 Å². The molecule has 1 aliphatic carbocycles. The van der Waals surface area contributed by atoms with Crippen molar-refractivity contribution in [2.45, 2.75) is 51.4 Å². The second kappa shape index (κ2) is 8.42. The van der Waals surface area contributed by atoms with Crippen molar-refractivity contribution in [3.05, 3.63) is 35.0 Å². The van der Waals surface area contributed by atoms with E-state index in [0.29, 0.717) is 39.6 Å². The zero-order valence-electron chi connectivity index (χ0n) is 19.8. The van der Waals surface area contributed by atoms with Crippen LogP contribution in [0, 0.1) is 12.3 Å². The number of hydrogen-bond acceptors (Lipinski definition) is 6. The Labute approximate surface area is 202 Å². The van der Waals surface area contributed by atoms with E-state index in [0.717, 1.165) is 25.9 Å². The number of rotatable bonds is 5. The average Bonchev–Trinajstić information content (AvgIpc) is 3.56. The van der Waals surface area contributed by atoms with Gasteiger partial charge in [0.1, 0.15) is 0 Å². The molecule has 0 atom stereocenters. The van der Waals surface area contributed by atoms with Gasteiger partial charge in [0.2, 0.25) is 11.9 Å². The van der Waals surface area contributed by atoms with Gasteiger partial charge in [-0.05, 0) is 56.2 Å². The predicted octanol–water partition coefficient (Wildman–Crippen LogP) is 3.27. The number of piperidine rings is 2. The molecule has 5 rings (SSSR count). The Morgan fingerprint density at radius 3 is 2.00 bits per heavy atom. The Morgan fingerprint density at radius 2 is 1.43 bits per heavy atom. The molecular weight excluding hydrogens is 454 g/mol. The highest BCUT2D eigenvalue weighted by Crippen LogP contribution is 2.54. The maximum atomic E-state index is 13.7. The van der Waals surface area contributed by atoms with Crippen LogP contribution in [0.2, 0.25) is 0 Å². The fourth-order valence-corrected chi connectivity index (χ4v) is 5.32. The molecule has 3 aliphatic rings. The van der Waals surface area contributed by atoms with Gasteiger partial charge in [-0.3, -0.25) is 9.59 Å². The molecule has 3 heterocycles. The fraction of sp³-hybridized carbons (Fsp3) is 0.520. The van der Waals surface area contributed by atoms with Gasteiger partial charge in [-0.2, -0.15) is 0 Å². The molecule has 1 spiro atoms. The molecule has 1 aromatic carbocycles. The molecule has 2 aliphatic heterocycles. The van der Waals surface area contributed by atoms with Crippen molar-refractivity contribution in [2.24, 2.45) is 16.9 Å². The van der Waals surface area contributed by atoms with E-state index >= 15 is 0 Å². The van der Waals surface area contributed by atoms with Crippen LogP contribution in [0.3, 0.4) is 0 Å². The monoisotopic (exact) mass is 484 g/mol. The third-order valence-electron chi connectivity index (χ3n) is 7.68. The summed E-state index contributed by atoms with van der Waals surface area (Å²) in [5, 5.41) is 0. The van der Waals surface area contributed by atoms with Crippen LogP contribution in [0.1, 0.15) is 64.9 Å². The molecule has 0 bridgehead atoms. The number of halogens is 2. The number of carbonyl (C=O) groups is 2. The van der Waals surface area contributed by atoms with Gasteiger partial charge >= 0.3 is 0 Å². The molecule has 1 saturated carbocycles. The summed E-state index contributed by atoms with van der Waals surface area (Å²) in [7, 11) is 0. The summed E-state index contributed by atoms with van der Waals surface area (Å²) in [4.78, 5) is 38.0. The fourth-order valence-electron chi connectivity index (χ4n) is 5.32. The van der Waals surface area contributed by atoms with Gasteiger partial charge in [0.25, 0.3) is 11.8 Å². The van der Waals surface area contributed by atoms with E-state index in [1.165, 1.54) is 18.9 Å². The van der Waals surface area contributed by atoms with Crippen LogP contribution >= 0.6 is 0 Å². The van der Waals surface area contributed by atoms with Crippen LogP contribution in [0.5, 0.6) is 0 Å². The first-order chi connectivity index (χ1) is 16.6. The van der Waals surface area contributed by atoms with Crippen molar-refractivity contribution in [3.8, 4) is 11.3 Å². The van der Waals surface area contributed by atoms with Crippen LogP contribution in [0.4, 0.5) is 20.4 Å². The zero-order chi connectivity index (χ0) is 25.0. The van der Waals surface area contributed by atoms with Crippen LogP contribution in [-0.2, 0) is 0 Å². The summed E-state index contributed by atoms with van der Waals surface area (Å²) in [6.45, 7) is 3.50. The van der Waals surface area contributed by atoms with Gasteiger partial charge in [0.15, 0.2) is 0 Å². The lowest BCUT2D eigenvalue weighted by Gasteiger charge is -2.36. The second-order valence-corrected chi connectivity index (χ2v) is 10.1. The molecule has 2 aromatic rings. The predicted molar refractivity (Wildman–Crippen MR) is 129 cm³/mol. The maximum Gasteiger partial charge on any atom is 0.251 e. The maximum absolute atomic E-state index is 13.7. The number of carbonyl (C=O) groups excluding carboxylic acids is 2. The number of hydrogen-bond donors (Lipinski definition) is 2. The molecule has 35 heavy (non-hydrogen) atoms. The van der Waals surface area contributed by atoms with Crippen LogP contribution < -0.4 is 21.3 Å². The number of nitrogens with two attached hydrogens (primary N) is 2. The Morgan fingerprint density at radius 1 is 0.857 bits per heavy atom. The number of benzene rings is 1. The summed E-state index contributed by atoms with van der Waals surface area (Å²) in [6, 6.07) is 4.78. The molecule has 3 fully saturated rings. The Bertz CT molecular complexity index is 1180. The van der Waals surface area contributed by atoms with Crippen molar-refractivity contribution in [1.82, 2.24) is 9.97 Å². The molecule has 8 nitrogen and oxygen atoms in total. The van der Waals surface area contributed by atoms with E-state index < -0.39 is 17.7 Å². The number of aryl methyl sites for hydroxylation is 1. The largest absolute Gasteiger partial charge is 0.370 e. The van der Waals surface area contributed by atoms with E-state index in [2.05, 4.69) is 9.88 Å². The molecule has 0 unspecified atom stereocenters. The third-order valence-corrected chi connectivity index (χ3v) is 7.68. The smallest absolute Gasteiger partial charge is 0.251 e. The van der Waals surface area contributed by atoms with Gasteiger partial charge in [0, 0.05) is 50.3 Å². The SMILES string of the molecule is Cc1cc(-c2c(C(N)=O)ccc(C(N)=O)c2N2CCC3(CC2)CC3)nc(N2CCC(F)(F)CC2)n1. The summed E-state index contributed by atoms with van der Waals surface area (Å²) >= 11 is 0. The Balaban J connectivity index is 1.63. The molecule has 2 amide bonds. The number of amides is 2.